The Kier molecular flexibility index (Phi) is 4.16. The molecule has 2 heterocycles. The second-order valence-corrected chi connectivity index (χ2v) is 6.16. The fourth-order valence-corrected chi connectivity index (χ4v) is 2.50. The number of hydrogen-bond acceptors (Lipinski definition) is 4. The van der Waals surface area contributed by atoms with E-state index in [1.807, 2.05) is 26.8 Å². The molecule has 5 nitrogen and oxygen atoms in total. The topological polar surface area (TPSA) is 59.0 Å². The van der Waals surface area contributed by atoms with Crippen LogP contribution in [0.25, 0.3) is 0 Å². The van der Waals surface area contributed by atoms with Gasteiger partial charge in [0.15, 0.2) is 0 Å². The summed E-state index contributed by atoms with van der Waals surface area (Å²) in [5.41, 5.74) is 0.697. The summed E-state index contributed by atoms with van der Waals surface area (Å²) in [7, 11) is 0. The molecule has 2 aliphatic heterocycles. The Morgan fingerprint density at radius 2 is 2.21 bits per heavy atom. The smallest absolute Gasteiger partial charge is 0.410 e. The molecule has 1 saturated heterocycles. The van der Waals surface area contributed by atoms with Crippen LogP contribution in [0.3, 0.4) is 0 Å². The minimum atomic E-state index is -0.503. The first kappa shape index (κ1) is 14.3. The van der Waals surface area contributed by atoms with E-state index in [9.17, 15) is 9.90 Å². The zero-order valence-corrected chi connectivity index (χ0v) is 11.9. The fraction of sp³-hybridized carbons (Fsp3) is 0.786. The van der Waals surface area contributed by atoms with Gasteiger partial charge in [0.05, 0.1) is 25.9 Å². The molecule has 0 aliphatic carbocycles. The van der Waals surface area contributed by atoms with E-state index in [0.717, 1.165) is 6.42 Å². The van der Waals surface area contributed by atoms with Crippen LogP contribution in [0.1, 0.15) is 27.2 Å². The van der Waals surface area contributed by atoms with E-state index in [0.29, 0.717) is 26.3 Å². The average Bonchev–Trinajstić information content (AvgIpc) is 2.70. The Morgan fingerprint density at radius 3 is 2.79 bits per heavy atom. The first-order valence-corrected chi connectivity index (χ1v) is 6.79. The fourth-order valence-electron chi connectivity index (χ4n) is 2.50. The number of rotatable bonds is 1. The van der Waals surface area contributed by atoms with Gasteiger partial charge >= 0.3 is 6.09 Å². The van der Waals surface area contributed by atoms with E-state index >= 15 is 0 Å². The van der Waals surface area contributed by atoms with Crippen molar-refractivity contribution in [3.8, 4) is 0 Å². The number of nitrogens with zero attached hydrogens (tertiary/aromatic N) is 1. The highest BCUT2D eigenvalue weighted by molar-refractivity contribution is 5.68. The molecular weight excluding hydrogens is 246 g/mol. The molecule has 0 saturated carbocycles. The maximum Gasteiger partial charge on any atom is 0.410 e. The summed E-state index contributed by atoms with van der Waals surface area (Å²) >= 11 is 0. The standard InChI is InChI=1S/C14H23NO4/c1-14(2,3)19-13(17)15-8-11(12(16)9-15)10-4-6-18-7-5-10/h4,11-12,16H,5-9H2,1-3H3. The van der Waals surface area contributed by atoms with Crippen molar-refractivity contribution in [3.05, 3.63) is 11.6 Å². The van der Waals surface area contributed by atoms with Gasteiger partial charge in [-0.25, -0.2) is 4.79 Å². The maximum atomic E-state index is 12.0. The molecule has 1 fully saturated rings. The van der Waals surface area contributed by atoms with Crippen molar-refractivity contribution in [1.82, 2.24) is 4.90 Å². The molecule has 19 heavy (non-hydrogen) atoms. The normalized spacial score (nSPS) is 28.2. The molecule has 1 amide bonds. The summed E-state index contributed by atoms with van der Waals surface area (Å²) in [5.74, 6) is 0.0245. The lowest BCUT2D eigenvalue weighted by atomic mass is 9.92. The van der Waals surface area contributed by atoms with E-state index in [1.165, 1.54) is 5.57 Å². The minimum absolute atomic E-state index is 0.0245. The van der Waals surface area contributed by atoms with Gasteiger partial charge in [-0.1, -0.05) is 11.6 Å². The molecule has 0 aromatic heterocycles. The van der Waals surface area contributed by atoms with Gasteiger partial charge in [0.2, 0.25) is 0 Å². The number of likely N-dealkylation sites (tertiary alicyclic amines) is 1. The monoisotopic (exact) mass is 269 g/mol. The van der Waals surface area contributed by atoms with Crippen LogP contribution in [0.4, 0.5) is 4.79 Å². The van der Waals surface area contributed by atoms with Gasteiger partial charge in [-0.05, 0) is 27.2 Å². The van der Waals surface area contributed by atoms with Gasteiger partial charge in [-0.15, -0.1) is 0 Å². The number of ether oxygens (including phenoxy) is 2. The molecule has 2 atom stereocenters. The molecule has 0 radical (unpaired) electrons. The summed E-state index contributed by atoms with van der Waals surface area (Å²) < 4.78 is 10.6. The van der Waals surface area contributed by atoms with Crippen molar-refractivity contribution in [2.45, 2.75) is 38.9 Å². The Balaban J connectivity index is 1.97. The van der Waals surface area contributed by atoms with Gasteiger partial charge in [-0.2, -0.15) is 0 Å². The van der Waals surface area contributed by atoms with Crippen LogP contribution in [0.2, 0.25) is 0 Å². The number of aliphatic hydroxyl groups is 1. The van der Waals surface area contributed by atoms with Gasteiger partial charge in [0.25, 0.3) is 0 Å². The third-order valence-corrected chi connectivity index (χ3v) is 3.42. The van der Waals surface area contributed by atoms with E-state index in [-0.39, 0.29) is 12.0 Å². The van der Waals surface area contributed by atoms with E-state index < -0.39 is 11.7 Å². The van der Waals surface area contributed by atoms with Crippen LogP contribution >= 0.6 is 0 Å². The number of hydrogen-bond donors (Lipinski definition) is 1. The van der Waals surface area contributed by atoms with Crippen LogP contribution in [-0.2, 0) is 9.47 Å². The summed E-state index contributed by atoms with van der Waals surface area (Å²) in [6.45, 7) is 7.70. The lowest BCUT2D eigenvalue weighted by Crippen LogP contribution is -2.35. The van der Waals surface area contributed by atoms with Crippen LogP contribution in [0.15, 0.2) is 11.6 Å². The number of carbonyl (C=O) groups is 1. The van der Waals surface area contributed by atoms with Crippen molar-refractivity contribution in [2.75, 3.05) is 26.3 Å². The Hall–Kier alpha value is -1.07. The number of β-amino-alcohol motifs (C(OH)–C–C–N with tert-alkyl or cyclic N) is 1. The summed E-state index contributed by atoms with van der Waals surface area (Å²) in [6, 6.07) is 0. The van der Waals surface area contributed by atoms with E-state index in [4.69, 9.17) is 9.47 Å². The zero-order valence-electron chi connectivity index (χ0n) is 11.9. The van der Waals surface area contributed by atoms with Gasteiger partial charge in [-0.3, -0.25) is 0 Å². The lowest BCUT2D eigenvalue weighted by molar-refractivity contribution is 0.0270. The van der Waals surface area contributed by atoms with E-state index in [1.54, 1.807) is 4.90 Å². The summed E-state index contributed by atoms with van der Waals surface area (Å²) in [6.07, 6.45) is 2.01. The second-order valence-electron chi connectivity index (χ2n) is 6.16. The highest BCUT2D eigenvalue weighted by Gasteiger charge is 2.37. The molecular formula is C14H23NO4. The lowest BCUT2D eigenvalue weighted by Gasteiger charge is -2.24. The average molecular weight is 269 g/mol. The third-order valence-electron chi connectivity index (χ3n) is 3.42. The SMILES string of the molecule is CC(C)(C)OC(=O)N1CC(O)C(C2=CCOCC2)C1. The van der Waals surface area contributed by atoms with Crippen molar-refractivity contribution >= 4 is 6.09 Å². The van der Waals surface area contributed by atoms with Crippen molar-refractivity contribution in [1.29, 1.82) is 0 Å². The van der Waals surface area contributed by atoms with Gasteiger partial charge in [0, 0.05) is 12.5 Å². The molecule has 0 spiro atoms. The van der Waals surface area contributed by atoms with E-state index in [2.05, 4.69) is 0 Å². The highest BCUT2D eigenvalue weighted by Crippen LogP contribution is 2.29. The second kappa shape index (κ2) is 5.51. The van der Waals surface area contributed by atoms with Crippen LogP contribution < -0.4 is 0 Å². The van der Waals surface area contributed by atoms with Crippen molar-refractivity contribution < 1.29 is 19.4 Å². The molecule has 2 rings (SSSR count). The number of aliphatic hydroxyl groups excluding tert-OH is 1. The molecule has 0 bridgehead atoms. The molecule has 1 N–H and O–H groups in total. The molecule has 2 unspecified atom stereocenters. The Bertz CT molecular complexity index is 372. The minimum Gasteiger partial charge on any atom is -0.444 e. The number of amides is 1. The number of carbonyl (C=O) groups excluding carboxylic acids is 1. The Labute approximate surface area is 114 Å². The van der Waals surface area contributed by atoms with Gasteiger partial charge < -0.3 is 19.5 Å². The molecule has 2 aliphatic rings. The Morgan fingerprint density at radius 1 is 1.47 bits per heavy atom. The first-order valence-electron chi connectivity index (χ1n) is 6.79. The molecule has 0 aromatic carbocycles. The first-order chi connectivity index (χ1) is 8.87. The largest absolute Gasteiger partial charge is 0.444 e. The van der Waals surface area contributed by atoms with Crippen LogP contribution in [0.5, 0.6) is 0 Å². The molecule has 5 heteroatoms. The molecule has 0 aromatic rings. The molecule has 108 valence electrons. The highest BCUT2D eigenvalue weighted by atomic mass is 16.6. The van der Waals surface area contributed by atoms with Crippen molar-refractivity contribution in [3.63, 3.8) is 0 Å². The van der Waals surface area contributed by atoms with Crippen molar-refractivity contribution in [2.24, 2.45) is 5.92 Å². The summed E-state index contributed by atoms with van der Waals surface area (Å²) in [4.78, 5) is 13.6. The maximum absolute atomic E-state index is 12.0. The third kappa shape index (κ3) is 3.70. The summed E-state index contributed by atoms with van der Waals surface area (Å²) in [5, 5.41) is 10.1. The predicted octanol–water partition coefficient (Wildman–Crippen LogP) is 1.56. The van der Waals surface area contributed by atoms with Crippen LogP contribution in [0, 0.1) is 5.92 Å². The van der Waals surface area contributed by atoms with Crippen LogP contribution in [-0.4, -0.2) is 54.1 Å². The predicted molar refractivity (Wildman–Crippen MR) is 70.8 cm³/mol. The quantitative estimate of drug-likeness (QED) is 0.734. The zero-order chi connectivity index (χ0) is 14.0. The van der Waals surface area contributed by atoms with Gasteiger partial charge in [0.1, 0.15) is 5.60 Å².